The van der Waals surface area contributed by atoms with E-state index in [0.717, 1.165) is 5.69 Å². The molecule has 10 rings (SSSR count). The number of hydrogen-bond donors (Lipinski definition) is 0. The van der Waals surface area contributed by atoms with Crippen molar-refractivity contribution >= 4 is 72.4 Å². The molecule has 1 heterocycles. The number of nitrogens with zero attached hydrogens (tertiary/aromatic N) is 1. The molecule has 0 spiro atoms. The Morgan fingerprint density at radius 2 is 1.08 bits per heavy atom. The first-order chi connectivity index (χ1) is 24.0. The number of fused-ring (bicyclic) bond motifs is 10. The molecule has 49 heavy (non-hydrogen) atoms. The van der Waals surface area contributed by atoms with E-state index < -0.39 is 0 Å². The Kier molecular flexibility index (Phi) is 6.31. The first-order valence-electron chi connectivity index (χ1n) is 17.0. The van der Waals surface area contributed by atoms with Crippen LogP contribution in [0.1, 0.15) is 25.0 Å². The summed E-state index contributed by atoms with van der Waals surface area (Å²) >= 11 is 0.189. The maximum absolute atomic E-state index is 2.46. The molecule has 0 saturated heterocycles. The van der Waals surface area contributed by atoms with E-state index in [4.69, 9.17) is 0 Å². The molecule has 0 atom stereocenters. The van der Waals surface area contributed by atoms with Crippen molar-refractivity contribution in [1.82, 2.24) is 0 Å². The van der Waals surface area contributed by atoms with Crippen LogP contribution in [0, 0.1) is 0 Å². The van der Waals surface area contributed by atoms with E-state index >= 15 is 0 Å². The van der Waals surface area contributed by atoms with Crippen molar-refractivity contribution in [3.05, 3.63) is 175 Å². The minimum atomic E-state index is -0.0721. The summed E-state index contributed by atoms with van der Waals surface area (Å²) in [5.41, 5.74) is 11.4. The van der Waals surface area contributed by atoms with Crippen LogP contribution in [0.15, 0.2) is 164 Å². The molecule has 1 nitrogen and oxygen atoms in total. The molecule has 0 bridgehead atoms. The molecule has 0 aliphatic heterocycles. The van der Waals surface area contributed by atoms with E-state index in [1.54, 1.807) is 0 Å². The first kappa shape index (κ1) is 28.6. The van der Waals surface area contributed by atoms with Crippen LogP contribution in [0.25, 0.3) is 63.1 Å². The molecule has 0 amide bonds. The van der Waals surface area contributed by atoms with E-state index in [2.05, 4.69) is 183 Å². The SMILES string of the molecule is CC1(C)c2ccccc2-c2ccc(N(c3ccc(-c4ccccc4)cc3)c3ccc4c(c3)[se]c3c4ccc4ccc5ccccc5c43)cc21. The van der Waals surface area contributed by atoms with Gasteiger partial charge in [0.2, 0.25) is 0 Å². The van der Waals surface area contributed by atoms with Gasteiger partial charge >= 0.3 is 294 Å². The predicted octanol–water partition coefficient (Wildman–Crippen LogP) is 12.8. The van der Waals surface area contributed by atoms with Crippen molar-refractivity contribution in [2.24, 2.45) is 0 Å². The van der Waals surface area contributed by atoms with Gasteiger partial charge in [-0.3, -0.25) is 0 Å². The Hall–Kier alpha value is -5.40. The molecule has 1 aliphatic rings. The van der Waals surface area contributed by atoms with Gasteiger partial charge in [-0.15, -0.1) is 0 Å². The molecular formula is C47H33NSe. The molecule has 8 aromatic carbocycles. The van der Waals surface area contributed by atoms with Gasteiger partial charge in [0.1, 0.15) is 0 Å². The quantitative estimate of drug-likeness (QED) is 0.131. The summed E-state index contributed by atoms with van der Waals surface area (Å²) in [6, 6.07) is 60.9. The Morgan fingerprint density at radius 3 is 1.96 bits per heavy atom. The average molecular weight is 691 g/mol. The molecule has 0 unspecified atom stereocenters. The fraction of sp³-hybridized carbons (Fsp3) is 0.0638. The zero-order valence-electron chi connectivity index (χ0n) is 27.4. The van der Waals surface area contributed by atoms with Crippen LogP contribution in [-0.2, 0) is 5.41 Å². The second-order valence-electron chi connectivity index (χ2n) is 13.8. The van der Waals surface area contributed by atoms with E-state index in [0.29, 0.717) is 0 Å². The van der Waals surface area contributed by atoms with Crippen molar-refractivity contribution < 1.29 is 0 Å². The van der Waals surface area contributed by atoms with Gasteiger partial charge in [-0.25, -0.2) is 0 Å². The zero-order valence-corrected chi connectivity index (χ0v) is 29.2. The monoisotopic (exact) mass is 691 g/mol. The van der Waals surface area contributed by atoms with Crippen molar-refractivity contribution in [2.75, 3.05) is 4.90 Å². The number of benzene rings is 8. The van der Waals surface area contributed by atoms with E-state index in [1.165, 1.54) is 85.6 Å². The normalized spacial score (nSPS) is 13.3. The molecule has 0 radical (unpaired) electrons. The summed E-state index contributed by atoms with van der Waals surface area (Å²) in [5, 5.41) is 8.17. The summed E-state index contributed by atoms with van der Waals surface area (Å²) in [4.78, 5) is 2.46. The summed E-state index contributed by atoms with van der Waals surface area (Å²) in [5.74, 6) is 0. The fourth-order valence-electron chi connectivity index (χ4n) is 8.16. The minimum absolute atomic E-state index is 0.0721. The van der Waals surface area contributed by atoms with Gasteiger partial charge in [-0.2, -0.15) is 0 Å². The Morgan fingerprint density at radius 1 is 0.449 bits per heavy atom. The third-order valence-corrected chi connectivity index (χ3v) is 13.1. The Labute approximate surface area is 292 Å². The number of rotatable bonds is 4. The van der Waals surface area contributed by atoms with E-state index in [9.17, 15) is 0 Å². The average Bonchev–Trinajstić information content (AvgIpc) is 3.64. The van der Waals surface area contributed by atoms with E-state index in [-0.39, 0.29) is 19.9 Å². The molecule has 0 saturated carbocycles. The molecule has 232 valence electrons. The molecular weight excluding hydrogens is 657 g/mol. The second-order valence-corrected chi connectivity index (χ2v) is 16.0. The van der Waals surface area contributed by atoms with Crippen LogP contribution in [0.4, 0.5) is 17.1 Å². The third-order valence-electron chi connectivity index (χ3n) is 10.6. The number of anilines is 3. The molecule has 2 heteroatoms. The summed E-state index contributed by atoms with van der Waals surface area (Å²) in [7, 11) is 0. The molecule has 1 aliphatic carbocycles. The van der Waals surface area contributed by atoms with Crippen molar-refractivity contribution in [2.45, 2.75) is 19.3 Å². The van der Waals surface area contributed by atoms with Crippen LogP contribution in [0.3, 0.4) is 0 Å². The summed E-state index contributed by atoms with van der Waals surface area (Å²) < 4.78 is 2.95. The third kappa shape index (κ3) is 4.38. The molecule has 0 N–H and O–H groups in total. The van der Waals surface area contributed by atoms with Crippen LogP contribution in [0.2, 0.25) is 0 Å². The van der Waals surface area contributed by atoms with Gasteiger partial charge in [0.05, 0.1) is 0 Å². The topological polar surface area (TPSA) is 3.24 Å². The molecule has 0 fully saturated rings. The summed E-state index contributed by atoms with van der Waals surface area (Å²) in [6.07, 6.45) is 0. The van der Waals surface area contributed by atoms with Gasteiger partial charge in [0.15, 0.2) is 0 Å². The number of hydrogen-bond acceptors (Lipinski definition) is 1. The van der Waals surface area contributed by atoms with Gasteiger partial charge in [-0.05, 0) is 0 Å². The van der Waals surface area contributed by atoms with Crippen molar-refractivity contribution in [1.29, 1.82) is 0 Å². The van der Waals surface area contributed by atoms with E-state index in [1.807, 2.05) is 0 Å². The van der Waals surface area contributed by atoms with Crippen LogP contribution in [-0.4, -0.2) is 14.5 Å². The van der Waals surface area contributed by atoms with Crippen LogP contribution < -0.4 is 4.90 Å². The van der Waals surface area contributed by atoms with Gasteiger partial charge < -0.3 is 0 Å². The van der Waals surface area contributed by atoms with Gasteiger partial charge in [0.25, 0.3) is 0 Å². The fourth-order valence-corrected chi connectivity index (χ4v) is 10.9. The molecule has 1 aromatic heterocycles. The predicted molar refractivity (Wildman–Crippen MR) is 211 cm³/mol. The van der Waals surface area contributed by atoms with Crippen LogP contribution >= 0.6 is 0 Å². The van der Waals surface area contributed by atoms with Crippen molar-refractivity contribution in [3.63, 3.8) is 0 Å². The summed E-state index contributed by atoms with van der Waals surface area (Å²) in [6.45, 7) is 4.73. The maximum atomic E-state index is 2.46. The first-order valence-corrected chi connectivity index (χ1v) is 18.7. The van der Waals surface area contributed by atoms with Gasteiger partial charge in [-0.1, -0.05) is 0 Å². The standard InChI is InChI=1S/C47H33NSe/c1-47(2)42-15-9-8-14-38(42)39-26-23-35(28-43(39)47)48(34-21-18-31(19-22-34)30-10-4-3-5-11-30)36-24-27-40-41-25-20-33-17-16-32-12-6-7-13-37(32)45(33)46(41)49-44(40)29-36/h3-29H,1-2H3. The molecule has 9 aromatic rings. The van der Waals surface area contributed by atoms with Crippen LogP contribution in [0.5, 0.6) is 0 Å². The second kappa shape index (κ2) is 10.8. The Balaban J connectivity index is 1.17. The Bertz CT molecular complexity index is 2730. The van der Waals surface area contributed by atoms with Gasteiger partial charge in [0, 0.05) is 0 Å². The zero-order chi connectivity index (χ0) is 32.7. The van der Waals surface area contributed by atoms with Crippen molar-refractivity contribution in [3.8, 4) is 22.3 Å².